The van der Waals surface area contributed by atoms with Crippen molar-refractivity contribution in [1.29, 1.82) is 0 Å². The van der Waals surface area contributed by atoms with E-state index in [2.05, 4.69) is 45.5 Å². The van der Waals surface area contributed by atoms with Crippen molar-refractivity contribution in [1.82, 2.24) is 4.98 Å². The molecule has 30 heavy (non-hydrogen) atoms. The van der Waals surface area contributed by atoms with Crippen LogP contribution >= 0.6 is 0 Å². The zero-order valence-corrected chi connectivity index (χ0v) is 17.1. The predicted molar refractivity (Wildman–Crippen MR) is 122 cm³/mol. The molecule has 2 aliphatic rings. The van der Waals surface area contributed by atoms with Crippen molar-refractivity contribution in [2.45, 2.75) is 25.7 Å². The van der Waals surface area contributed by atoms with E-state index in [1.165, 1.54) is 30.5 Å². The Bertz CT molecular complexity index is 1040. The van der Waals surface area contributed by atoms with Crippen LogP contribution in [-0.4, -0.2) is 30.5 Å². The minimum Gasteiger partial charge on any atom is -0.372 e. The van der Waals surface area contributed by atoms with Crippen molar-refractivity contribution in [3.8, 4) is 0 Å². The van der Waals surface area contributed by atoms with Crippen LogP contribution < -0.4 is 15.1 Å². The third kappa shape index (κ3) is 3.75. The summed E-state index contributed by atoms with van der Waals surface area (Å²) in [6.07, 6.45) is 6.47. The third-order valence-corrected chi connectivity index (χ3v) is 6.00. The molecule has 3 heterocycles. The van der Waals surface area contributed by atoms with Crippen molar-refractivity contribution in [3.63, 3.8) is 0 Å². The SMILES string of the molecule is O=C(c1ccnc(Nc2ccc(N3CCCCC3)cc2)c1)N1CCc2ccccc21. The number of pyridine rings is 1. The van der Waals surface area contributed by atoms with Crippen LogP contribution in [0, 0.1) is 0 Å². The number of piperidine rings is 1. The molecule has 5 rings (SSSR count). The maximum Gasteiger partial charge on any atom is 0.258 e. The highest BCUT2D eigenvalue weighted by Gasteiger charge is 2.25. The number of nitrogens with one attached hydrogen (secondary N) is 1. The van der Waals surface area contributed by atoms with Crippen LogP contribution in [0.5, 0.6) is 0 Å². The molecule has 5 nitrogen and oxygen atoms in total. The number of para-hydroxylation sites is 1. The number of hydrogen-bond acceptors (Lipinski definition) is 4. The van der Waals surface area contributed by atoms with Gasteiger partial charge in [0.25, 0.3) is 5.91 Å². The van der Waals surface area contributed by atoms with E-state index in [1.807, 2.05) is 29.2 Å². The minimum atomic E-state index is 0.0193. The summed E-state index contributed by atoms with van der Waals surface area (Å²) < 4.78 is 0. The van der Waals surface area contributed by atoms with Gasteiger partial charge in [0.15, 0.2) is 0 Å². The lowest BCUT2D eigenvalue weighted by molar-refractivity contribution is 0.0989. The molecule has 2 aliphatic heterocycles. The lowest BCUT2D eigenvalue weighted by Gasteiger charge is -2.28. The summed E-state index contributed by atoms with van der Waals surface area (Å²) in [6.45, 7) is 3.00. The van der Waals surface area contributed by atoms with Crippen molar-refractivity contribution in [2.24, 2.45) is 0 Å². The van der Waals surface area contributed by atoms with Crippen LogP contribution in [0.1, 0.15) is 35.2 Å². The predicted octanol–water partition coefficient (Wildman–Crippen LogP) is 5.02. The van der Waals surface area contributed by atoms with Crippen molar-refractivity contribution < 1.29 is 4.79 Å². The topological polar surface area (TPSA) is 48.5 Å². The summed E-state index contributed by atoms with van der Waals surface area (Å²) in [5.41, 5.74) is 5.13. The van der Waals surface area contributed by atoms with E-state index in [0.29, 0.717) is 11.4 Å². The van der Waals surface area contributed by atoms with Crippen LogP contribution in [0.3, 0.4) is 0 Å². The van der Waals surface area contributed by atoms with Gasteiger partial charge in [-0.25, -0.2) is 4.98 Å². The number of amides is 1. The average molecular weight is 399 g/mol. The standard InChI is InChI=1S/C25H26N4O/c30-25(29-17-13-19-6-2-3-7-23(19)29)20-12-14-26-24(18-20)27-21-8-10-22(11-9-21)28-15-4-1-5-16-28/h2-3,6-12,14,18H,1,4-5,13,15-17H2,(H,26,27). The van der Waals surface area contributed by atoms with Gasteiger partial charge in [-0.15, -0.1) is 0 Å². The van der Waals surface area contributed by atoms with Crippen LogP contribution in [0.2, 0.25) is 0 Å². The fourth-order valence-corrected chi connectivity index (χ4v) is 4.39. The molecule has 1 aromatic heterocycles. The molecule has 5 heteroatoms. The third-order valence-electron chi connectivity index (χ3n) is 6.00. The Labute approximate surface area is 177 Å². The van der Waals surface area contributed by atoms with Gasteiger partial charge in [0, 0.05) is 48.5 Å². The molecule has 0 saturated carbocycles. The molecule has 1 fully saturated rings. The van der Waals surface area contributed by atoms with Gasteiger partial charge in [-0.05, 0) is 73.7 Å². The number of rotatable bonds is 4. The summed E-state index contributed by atoms with van der Waals surface area (Å²) in [7, 11) is 0. The largest absolute Gasteiger partial charge is 0.372 e. The summed E-state index contributed by atoms with van der Waals surface area (Å²) in [5.74, 6) is 0.699. The highest BCUT2D eigenvalue weighted by molar-refractivity contribution is 6.07. The number of aromatic nitrogens is 1. The van der Waals surface area contributed by atoms with E-state index in [-0.39, 0.29) is 5.91 Å². The first kappa shape index (κ1) is 18.7. The van der Waals surface area contributed by atoms with Gasteiger partial charge in [-0.2, -0.15) is 0 Å². The fraction of sp³-hybridized carbons (Fsp3) is 0.280. The number of benzene rings is 2. The van der Waals surface area contributed by atoms with E-state index < -0.39 is 0 Å². The number of anilines is 4. The molecule has 0 atom stereocenters. The van der Waals surface area contributed by atoms with Gasteiger partial charge in [0.2, 0.25) is 0 Å². The Morgan fingerprint density at radius 1 is 0.900 bits per heavy atom. The highest BCUT2D eigenvalue weighted by atomic mass is 16.2. The molecule has 1 amide bonds. The molecule has 2 aromatic carbocycles. The van der Waals surface area contributed by atoms with E-state index in [1.54, 1.807) is 12.3 Å². The van der Waals surface area contributed by atoms with Gasteiger partial charge >= 0.3 is 0 Å². The summed E-state index contributed by atoms with van der Waals surface area (Å²) in [5, 5.41) is 3.34. The van der Waals surface area contributed by atoms with E-state index >= 15 is 0 Å². The molecule has 152 valence electrons. The zero-order chi connectivity index (χ0) is 20.3. The van der Waals surface area contributed by atoms with Crippen LogP contribution in [0.4, 0.5) is 22.9 Å². The molecular formula is C25H26N4O. The molecular weight excluding hydrogens is 372 g/mol. The Morgan fingerprint density at radius 3 is 2.53 bits per heavy atom. The molecule has 0 radical (unpaired) electrons. The number of carbonyl (C=O) groups is 1. The van der Waals surface area contributed by atoms with Gasteiger partial charge in [-0.3, -0.25) is 4.79 Å². The molecule has 3 aromatic rings. The minimum absolute atomic E-state index is 0.0193. The van der Waals surface area contributed by atoms with Crippen molar-refractivity contribution >= 4 is 28.8 Å². The van der Waals surface area contributed by atoms with Crippen LogP contribution in [0.15, 0.2) is 66.9 Å². The molecule has 1 saturated heterocycles. The first-order chi connectivity index (χ1) is 14.8. The number of fused-ring (bicyclic) bond motifs is 1. The summed E-state index contributed by atoms with van der Waals surface area (Å²) in [6, 6.07) is 20.2. The van der Waals surface area contributed by atoms with Gasteiger partial charge in [-0.1, -0.05) is 18.2 Å². The molecule has 0 unspecified atom stereocenters. The van der Waals surface area contributed by atoms with Crippen LogP contribution in [0.25, 0.3) is 0 Å². The number of hydrogen-bond donors (Lipinski definition) is 1. The number of carbonyl (C=O) groups excluding carboxylic acids is 1. The van der Waals surface area contributed by atoms with E-state index in [9.17, 15) is 4.79 Å². The van der Waals surface area contributed by atoms with Gasteiger partial charge < -0.3 is 15.1 Å². The summed E-state index contributed by atoms with van der Waals surface area (Å²) >= 11 is 0. The van der Waals surface area contributed by atoms with Crippen LogP contribution in [-0.2, 0) is 6.42 Å². The molecule has 0 aliphatic carbocycles. The molecule has 0 bridgehead atoms. The molecule has 1 N–H and O–H groups in total. The second-order valence-electron chi connectivity index (χ2n) is 7.98. The number of nitrogens with zero attached hydrogens (tertiary/aromatic N) is 3. The average Bonchev–Trinajstić information content (AvgIpc) is 3.24. The first-order valence-electron chi connectivity index (χ1n) is 10.8. The Kier molecular flexibility index (Phi) is 5.10. The summed E-state index contributed by atoms with van der Waals surface area (Å²) in [4.78, 5) is 21.8. The van der Waals surface area contributed by atoms with E-state index in [0.717, 1.165) is 37.4 Å². The Morgan fingerprint density at radius 2 is 1.70 bits per heavy atom. The molecule has 0 spiro atoms. The van der Waals surface area contributed by atoms with Crippen molar-refractivity contribution in [3.05, 3.63) is 78.0 Å². The normalized spacial score (nSPS) is 15.7. The monoisotopic (exact) mass is 398 g/mol. The fourth-order valence-electron chi connectivity index (χ4n) is 4.39. The lowest BCUT2D eigenvalue weighted by Crippen LogP contribution is -2.29. The highest BCUT2D eigenvalue weighted by Crippen LogP contribution is 2.29. The Hall–Kier alpha value is -3.34. The van der Waals surface area contributed by atoms with Gasteiger partial charge in [0.1, 0.15) is 5.82 Å². The quantitative estimate of drug-likeness (QED) is 0.670. The van der Waals surface area contributed by atoms with E-state index in [4.69, 9.17) is 0 Å². The zero-order valence-electron chi connectivity index (χ0n) is 17.1. The maximum absolute atomic E-state index is 13.1. The second kappa shape index (κ2) is 8.19. The van der Waals surface area contributed by atoms with Crippen molar-refractivity contribution in [2.75, 3.05) is 34.8 Å². The van der Waals surface area contributed by atoms with Gasteiger partial charge in [0.05, 0.1) is 0 Å². The Balaban J connectivity index is 1.30. The first-order valence-corrected chi connectivity index (χ1v) is 10.8. The second-order valence-corrected chi connectivity index (χ2v) is 7.98. The lowest BCUT2D eigenvalue weighted by atomic mass is 10.1. The smallest absolute Gasteiger partial charge is 0.258 e. The maximum atomic E-state index is 13.1.